The molecule has 0 aliphatic heterocycles. The third-order valence-corrected chi connectivity index (χ3v) is 6.82. The largest absolute Gasteiger partial charge is 0.488 e. The van der Waals surface area contributed by atoms with Crippen LogP contribution >= 0.6 is 0 Å². The van der Waals surface area contributed by atoms with E-state index in [1.54, 1.807) is 18.2 Å². The van der Waals surface area contributed by atoms with Crippen molar-refractivity contribution in [3.8, 4) is 28.7 Å². The zero-order valence-electron chi connectivity index (χ0n) is 22.7. The Morgan fingerprint density at radius 2 is 1.81 bits per heavy atom. The van der Waals surface area contributed by atoms with E-state index in [2.05, 4.69) is 38.8 Å². The molecule has 42 heavy (non-hydrogen) atoms. The van der Waals surface area contributed by atoms with Crippen LogP contribution in [0.1, 0.15) is 27.9 Å². The fourth-order valence-corrected chi connectivity index (χ4v) is 4.52. The number of pyridine rings is 1. The number of carboxylic acids is 1. The van der Waals surface area contributed by atoms with Crippen LogP contribution in [0.5, 0.6) is 11.5 Å². The Labute approximate surface area is 240 Å². The van der Waals surface area contributed by atoms with E-state index in [4.69, 9.17) is 14.1 Å². The number of carboxylic acid groups (broad SMARTS) is 1. The number of benzene rings is 3. The molecule has 0 aliphatic carbocycles. The Morgan fingerprint density at radius 3 is 2.57 bits per heavy atom. The highest BCUT2D eigenvalue weighted by Crippen LogP contribution is 2.36. The first-order valence-corrected chi connectivity index (χ1v) is 13.1. The normalized spacial score (nSPS) is 11.6. The molecule has 0 bridgehead atoms. The number of aliphatic carboxylic acids is 1. The molecule has 2 aromatic heterocycles. The van der Waals surface area contributed by atoms with Gasteiger partial charge in [-0.05, 0) is 57.2 Å². The summed E-state index contributed by atoms with van der Waals surface area (Å²) < 4.78 is 17.5. The minimum Gasteiger partial charge on any atom is -0.488 e. The van der Waals surface area contributed by atoms with Gasteiger partial charge in [0.2, 0.25) is 0 Å². The van der Waals surface area contributed by atoms with E-state index in [9.17, 15) is 20.3 Å². The number of aliphatic hydroxyl groups is 1. The Bertz CT molecular complexity index is 1750. The quantitative estimate of drug-likeness (QED) is 0.199. The molecule has 11 heteroatoms. The SMILES string of the molecule is Cc1c(COc2cc(OCc3ccnc(C#N)c3)c(CN[C@H](CO)C(=O)O)c3nonc23)cccc1-c1ccccc1. The lowest BCUT2D eigenvalue weighted by atomic mass is 9.97. The molecule has 0 radical (unpaired) electrons. The zero-order valence-corrected chi connectivity index (χ0v) is 22.7. The number of rotatable bonds is 12. The second kappa shape index (κ2) is 12.9. The van der Waals surface area contributed by atoms with Crippen molar-refractivity contribution in [1.29, 1.82) is 5.26 Å². The van der Waals surface area contributed by atoms with Crippen molar-refractivity contribution in [3.63, 3.8) is 0 Å². The predicted molar refractivity (Wildman–Crippen MR) is 151 cm³/mol. The summed E-state index contributed by atoms with van der Waals surface area (Å²) >= 11 is 0. The number of ether oxygens (including phenoxy) is 2. The van der Waals surface area contributed by atoms with Crippen LogP contribution < -0.4 is 14.8 Å². The molecule has 11 nitrogen and oxygen atoms in total. The summed E-state index contributed by atoms with van der Waals surface area (Å²) in [6, 6.07) is 21.9. The van der Waals surface area contributed by atoms with Crippen LogP contribution in [0.25, 0.3) is 22.2 Å². The van der Waals surface area contributed by atoms with E-state index in [0.29, 0.717) is 33.7 Å². The second-order valence-electron chi connectivity index (χ2n) is 9.46. The third kappa shape index (κ3) is 6.20. The van der Waals surface area contributed by atoms with Gasteiger partial charge >= 0.3 is 5.97 Å². The highest BCUT2D eigenvalue weighted by Gasteiger charge is 2.23. The summed E-state index contributed by atoms with van der Waals surface area (Å²) in [5.41, 5.74) is 6.32. The van der Waals surface area contributed by atoms with Gasteiger partial charge in [0.05, 0.1) is 6.61 Å². The van der Waals surface area contributed by atoms with Crippen molar-refractivity contribution < 1.29 is 29.1 Å². The summed E-state index contributed by atoms with van der Waals surface area (Å²) in [5.74, 6) is -0.505. The lowest BCUT2D eigenvalue weighted by Gasteiger charge is -2.17. The monoisotopic (exact) mass is 565 g/mol. The van der Waals surface area contributed by atoms with E-state index in [1.165, 1.54) is 6.20 Å². The van der Waals surface area contributed by atoms with Crippen LogP contribution in [0.2, 0.25) is 0 Å². The van der Waals surface area contributed by atoms with Crippen molar-refractivity contribution in [1.82, 2.24) is 20.6 Å². The molecule has 0 aliphatic rings. The van der Waals surface area contributed by atoms with Gasteiger partial charge in [-0.3, -0.25) is 10.1 Å². The summed E-state index contributed by atoms with van der Waals surface area (Å²) in [6.45, 7) is 1.73. The lowest BCUT2D eigenvalue weighted by molar-refractivity contribution is -0.140. The van der Waals surface area contributed by atoms with Crippen molar-refractivity contribution >= 4 is 17.0 Å². The minimum atomic E-state index is -1.21. The number of fused-ring (bicyclic) bond motifs is 1. The molecule has 0 unspecified atom stereocenters. The summed E-state index contributed by atoms with van der Waals surface area (Å²) in [5, 5.41) is 38.9. The molecule has 1 atom stereocenters. The number of nitrogens with one attached hydrogen (secondary N) is 1. The van der Waals surface area contributed by atoms with Gasteiger partial charge in [-0.15, -0.1) is 0 Å². The number of aromatic nitrogens is 3. The Morgan fingerprint density at radius 1 is 1.02 bits per heavy atom. The van der Waals surface area contributed by atoms with Gasteiger partial charge in [-0.2, -0.15) is 5.26 Å². The standard InChI is InChI=1S/C31H27N5O6/c1-19-22(8-5-9-24(19)21-6-3-2-4-7-21)18-41-28-13-27(40-17-20-10-11-33-23(12-20)14-32)25(29-30(28)36-42-35-29)15-34-26(16-37)31(38)39/h2-13,26,34,37H,15-18H2,1H3,(H,38,39)/t26-/m1/s1. The van der Waals surface area contributed by atoms with E-state index >= 15 is 0 Å². The van der Waals surface area contributed by atoms with Crippen LogP contribution in [0, 0.1) is 18.3 Å². The van der Waals surface area contributed by atoms with Crippen LogP contribution in [0.3, 0.4) is 0 Å². The maximum atomic E-state index is 11.5. The summed E-state index contributed by atoms with van der Waals surface area (Å²) in [4.78, 5) is 15.5. The van der Waals surface area contributed by atoms with Gasteiger partial charge in [-0.1, -0.05) is 48.5 Å². The summed E-state index contributed by atoms with van der Waals surface area (Å²) in [6.07, 6.45) is 1.52. The molecule has 2 heterocycles. The molecule has 3 N–H and O–H groups in total. The molecule has 3 aromatic carbocycles. The highest BCUT2D eigenvalue weighted by atomic mass is 16.6. The van der Waals surface area contributed by atoms with Gasteiger partial charge in [0.25, 0.3) is 0 Å². The molecule has 0 fully saturated rings. The van der Waals surface area contributed by atoms with Crippen molar-refractivity contribution in [2.75, 3.05) is 6.61 Å². The molecule has 212 valence electrons. The smallest absolute Gasteiger partial charge is 0.323 e. The minimum absolute atomic E-state index is 0.0180. The van der Waals surface area contributed by atoms with E-state index in [1.807, 2.05) is 43.3 Å². The van der Waals surface area contributed by atoms with Crippen molar-refractivity contribution in [2.24, 2.45) is 0 Å². The Kier molecular flexibility index (Phi) is 8.67. The number of nitrogens with zero attached hydrogens (tertiary/aromatic N) is 4. The molecular formula is C31H27N5O6. The first kappa shape index (κ1) is 28.2. The average Bonchev–Trinajstić information content (AvgIpc) is 3.51. The number of hydrogen-bond donors (Lipinski definition) is 3. The summed E-state index contributed by atoms with van der Waals surface area (Å²) in [7, 11) is 0. The molecule has 5 rings (SSSR count). The van der Waals surface area contributed by atoms with Crippen LogP contribution in [-0.2, 0) is 24.6 Å². The van der Waals surface area contributed by atoms with Crippen LogP contribution in [0.15, 0.2) is 77.6 Å². The number of aliphatic hydroxyl groups excluding tert-OH is 1. The van der Waals surface area contributed by atoms with Gasteiger partial charge in [0, 0.05) is 24.4 Å². The molecule has 0 saturated carbocycles. The van der Waals surface area contributed by atoms with E-state index in [-0.39, 0.29) is 25.5 Å². The average molecular weight is 566 g/mol. The number of carbonyl (C=O) groups is 1. The van der Waals surface area contributed by atoms with Crippen molar-refractivity contribution in [2.45, 2.75) is 32.7 Å². The van der Waals surface area contributed by atoms with Crippen LogP contribution in [-0.4, -0.2) is 44.1 Å². The molecule has 0 amide bonds. The Balaban J connectivity index is 1.47. The topological polar surface area (TPSA) is 164 Å². The van der Waals surface area contributed by atoms with E-state index < -0.39 is 18.6 Å². The molecule has 5 aromatic rings. The van der Waals surface area contributed by atoms with Gasteiger partial charge in [0.1, 0.15) is 42.3 Å². The van der Waals surface area contributed by atoms with Crippen molar-refractivity contribution in [3.05, 3.63) is 101 Å². The zero-order chi connectivity index (χ0) is 29.5. The first-order valence-electron chi connectivity index (χ1n) is 13.1. The number of hydrogen-bond acceptors (Lipinski definition) is 10. The van der Waals surface area contributed by atoms with Gasteiger partial charge < -0.3 is 19.7 Å². The maximum Gasteiger partial charge on any atom is 0.323 e. The maximum absolute atomic E-state index is 11.5. The lowest BCUT2D eigenvalue weighted by Crippen LogP contribution is -2.39. The molecular weight excluding hydrogens is 538 g/mol. The first-order chi connectivity index (χ1) is 20.5. The number of nitriles is 1. The fourth-order valence-electron chi connectivity index (χ4n) is 4.52. The fraction of sp³-hybridized carbons (Fsp3) is 0.194. The van der Waals surface area contributed by atoms with E-state index in [0.717, 1.165) is 22.3 Å². The van der Waals surface area contributed by atoms with Crippen LogP contribution in [0.4, 0.5) is 0 Å². The highest BCUT2D eigenvalue weighted by molar-refractivity contribution is 5.86. The third-order valence-electron chi connectivity index (χ3n) is 6.82. The second-order valence-corrected chi connectivity index (χ2v) is 9.46. The Hall–Kier alpha value is -5.31. The molecule has 0 saturated heterocycles. The van der Waals surface area contributed by atoms with Gasteiger partial charge in [-0.25, -0.2) is 9.61 Å². The predicted octanol–water partition coefficient (Wildman–Crippen LogP) is 4.16. The van der Waals surface area contributed by atoms with Gasteiger partial charge in [0.15, 0.2) is 11.3 Å². The molecule has 0 spiro atoms.